The van der Waals surface area contributed by atoms with Crippen molar-refractivity contribution in [1.82, 2.24) is 5.32 Å². The summed E-state index contributed by atoms with van der Waals surface area (Å²) in [5.41, 5.74) is 0.0624. The van der Waals surface area contributed by atoms with Crippen LogP contribution in [-0.4, -0.2) is 36.5 Å². The van der Waals surface area contributed by atoms with E-state index in [1.54, 1.807) is 0 Å². The van der Waals surface area contributed by atoms with Gasteiger partial charge in [-0.05, 0) is 33.1 Å². The van der Waals surface area contributed by atoms with Crippen LogP contribution in [0.25, 0.3) is 0 Å². The Hall–Kier alpha value is -0.120. The highest BCUT2D eigenvalue weighted by molar-refractivity contribution is 4.73. The van der Waals surface area contributed by atoms with Gasteiger partial charge < -0.3 is 15.2 Å². The van der Waals surface area contributed by atoms with Crippen molar-refractivity contribution in [3.63, 3.8) is 0 Å². The maximum Gasteiger partial charge on any atom is 0.0897 e. The van der Waals surface area contributed by atoms with Crippen molar-refractivity contribution >= 4 is 0 Å². The molecule has 0 radical (unpaired) electrons. The number of ether oxygens (including phenoxy) is 1. The van der Waals surface area contributed by atoms with Gasteiger partial charge in [-0.2, -0.15) is 0 Å². The molecule has 1 aliphatic carbocycles. The second-order valence-electron chi connectivity index (χ2n) is 5.95. The summed E-state index contributed by atoms with van der Waals surface area (Å²) in [5.74, 6) is 0.893. The first-order valence-corrected chi connectivity index (χ1v) is 6.48. The van der Waals surface area contributed by atoms with E-state index in [9.17, 15) is 5.11 Å². The molecular formula is C13H27NO2. The first-order valence-electron chi connectivity index (χ1n) is 6.48. The predicted octanol–water partition coefficient (Wildman–Crippen LogP) is 1.94. The molecule has 1 aliphatic rings. The van der Waals surface area contributed by atoms with Gasteiger partial charge in [-0.25, -0.2) is 0 Å². The van der Waals surface area contributed by atoms with Crippen LogP contribution in [0.5, 0.6) is 0 Å². The lowest BCUT2D eigenvalue weighted by Crippen LogP contribution is -2.42. The minimum Gasteiger partial charge on any atom is -0.389 e. The van der Waals surface area contributed by atoms with E-state index in [0.717, 1.165) is 12.5 Å². The molecular weight excluding hydrogens is 202 g/mol. The lowest BCUT2D eigenvalue weighted by atomic mass is 9.83. The molecule has 3 nitrogen and oxygen atoms in total. The van der Waals surface area contributed by atoms with Gasteiger partial charge >= 0.3 is 0 Å². The quantitative estimate of drug-likeness (QED) is 0.656. The molecule has 0 saturated heterocycles. The lowest BCUT2D eigenvalue weighted by molar-refractivity contribution is 0.0252. The lowest BCUT2D eigenvalue weighted by Gasteiger charge is -2.25. The molecule has 0 amide bonds. The molecule has 0 aromatic carbocycles. The molecule has 1 rings (SSSR count). The summed E-state index contributed by atoms with van der Waals surface area (Å²) in [5, 5.41) is 12.9. The summed E-state index contributed by atoms with van der Waals surface area (Å²) in [4.78, 5) is 0. The van der Waals surface area contributed by atoms with Crippen molar-refractivity contribution in [3.8, 4) is 0 Å². The third-order valence-electron chi connectivity index (χ3n) is 3.07. The molecule has 96 valence electrons. The summed E-state index contributed by atoms with van der Waals surface area (Å²) < 4.78 is 5.48. The predicted molar refractivity (Wildman–Crippen MR) is 66.5 cm³/mol. The molecule has 16 heavy (non-hydrogen) atoms. The maximum absolute atomic E-state index is 9.66. The number of hydrogen-bond acceptors (Lipinski definition) is 3. The normalized spacial score (nSPS) is 19.5. The largest absolute Gasteiger partial charge is 0.389 e. The van der Waals surface area contributed by atoms with Crippen LogP contribution in [0.4, 0.5) is 0 Å². The van der Waals surface area contributed by atoms with Crippen molar-refractivity contribution in [3.05, 3.63) is 0 Å². The number of nitrogens with one attached hydrogen (secondary N) is 1. The van der Waals surface area contributed by atoms with E-state index >= 15 is 0 Å². The van der Waals surface area contributed by atoms with E-state index in [-0.39, 0.29) is 11.6 Å². The smallest absolute Gasteiger partial charge is 0.0897 e. The monoisotopic (exact) mass is 229 g/mol. The van der Waals surface area contributed by atoms with Gasteiger partial charge in [0, 0.05) is 18.7 Å². The summed E-state index contributed by atoms with van der Waals surface area (Å²) in [6, 6.07) is 0. The maximum atomic E-state index is 9.66. The van der Waals surface area contributed by atoms with Gasteiger partial charge in [-0.3, -0.25) is 0 Å². The zero-order valence-electron chi connectivity index (χ0n) is 11.0. The Bertz CT molecular complexity index is 185. The minimum absolute atomic E-state index is 0.0624. The molecule has 0 aromatic heterocycles. The number of hydrogen-bond donors (Lipinski definition) is 2. The molecule has 0 bridgehead atoms. The standard InChI is InChI=1S/C13H27NO2/c1-13(2,3)14-9-12(15)10-16-8-7-11-5-4-6-11/h11-12,14-15H,4-10H2,1-3H3. The number of rotatable bonds is 7. The Balaban J connectivity index is 1.91. The second-order valence-corrected chi connectivity index (χ2v) is 5.95. The van der Waals surface area contributed by atoms with Crippen molar-refractivity contribution in [2.45, 2.75) is 58.1 Å². The van der Waals surface area contributed by atoms with E-state index in [1.807, 2.05) is 0 Å². The van der Waals surface area contributed by atoms with Crippen molar-refractivity contribution in [2.24, 2.45) is 5.92 Å². The fraction of sp³-hybridized carbons (Fsp3) is 1.00. The Morgan fingerprint density at radius 1 is 1.38 bits per heavy atom. The van der Waals surface area contributed by atoms with E-state index < -0.39 is 0 Å². The third kappa shape index (κ3) is 6.46. The molecule has 2 N–H and O–H groups in total. The van der Waals surface area contributed by atoms with Gasteiger partial charge in [0.15, 0.2) is 0 Å². The summed E-state index contributed by atoms with van der Waals surface area (Å²) >= 11 is 0. The Morgan fingerprint density at radius 2 is 2.06 bits per heavy atom. The van der Waals surface area contributed by atoms with E-state index in [0.29, 0.717) is 13.2 Å². The van der Waals surface area contributed by atoms with Crippen LogP contribution in [0.2, 0.25) is 0 Å². The molecule has 1 unspecified atom stereocenters. The van der Waals surface area contributed by atoms with E-state index in [4.69, 9.17) is 4.74 Å². The second kappa shape index (κ2) is 6.58. The summed E-state index contributed by atoms with van der Waals surface area (Å²) in [6.45, 7) is 8.14. The highest BCUT2D eigenvalue weighted by atomic mass is 16.5. The van der Waals surface area contributed by atoms with Crippen molar-refractivity contribution in [2.75, 3.05) is 19.8 Å². The highest BCUT2D eigenvalue weighted by Gasteiger charge is 2.17. The van der Waals surface area contributed by atoms with Gasteiger partial charge in [-0.15, -0.1) is 0 Å². The minimum atomic E-state index is -0.388. The summed E-state index contributed by atoms with van der Waals surface area (Å²) in [6.07, 6.45) is 4.91. The first kappa shape index (κ1) is 13.9. The Kier molecular flexibility index (Phi) is 5.73. The van der Waals surface area contributed by atoms with Crippen LogP contribution in [-0.2, 0) is 4.74 Å². The van der Waals surface area contributed by atoms with Gasteiger partial charge in [0.1, 0.15) is 0 Å². The van der Waals surface area contributed by atoms with Gasteiger partial charge in [0.05, 0.1) is 12.7 Å². The van der Waals surface area contributed by atoms with Gasteiger partial charge in [0.25, 0.3) is 0 Å². The zero-order chi connectivity index (χ0) is 12.0. The average molecular weight is 229 g/mol. The molecule has 1 saturated carbocycles. The number of aliphatic hydroxyl groups is 1. The molecule has 0 aliphatic heterocycles. The molecule has 3 heteroatoms. The molecule has 0 aromatic rings. The van der Waals surface area contributed by atoms with Crippen LogP contribution in [0.15, 0.2) is 0 Å². The SMILES string of the molecule is CC(C)(C)NCC(O)COCCC1CCC1. The van der Waals surface area contributed by atoms with E-state index in [1.165, 1.54) is 25.7 Å². The van der Waals surface area contributed by atoms with Crippen LogP contribution in [0.1, 0.15) is 46.5 Å². The van der Waals surface area contributed by atoms with Crippen LogP contribution >= 0.6 is 0 Å². The number of aliphatic hydroxyl groups excluding tert-OH is 1. The fourth-order valence-corrected chi connectivity index (χ4v) is 1.73. The van der Waals surface area contributed by atoms with Crippen LogP contribution < -0.4 is 5.32 Å². The topological polar surface area (TPSA) is 41.5 Å². The molecule has 0 spiro atoms. The van der Waals surface area contributed by atoms with E-state index in [2.05, 4.69) is 26.1 Å². The first-order chi connectivity index (χ1) is 7.47. The molecule has 1 fully saturated rings. The molecule has 0 heterocycles. The van der Waals surface area contributed by atoms with Crippen LogP contribution in [0.3, 0.4) is 0 Å². The summed E-state index contributed by atoms with van der Waals surface area (Å²) in [7, 11) is 0. The van der Waals surface area contributed by atoms with Crippen molar-refractivity contribution in [1.29, 1.82) is 0 Å². The van der Waals surface area contributed by atoms with Crippen LogP contribution in [0, 0.1) is 5.92 Å². The highest BCUT2D eigenvalue weighted by Crippen LogP contribution is 2.29. The number of β-amino-alcohol motifs (C(OH)–C–C–N with tert-alkyl or cyclic N) is 1. The Morgan fingerprint density at radius 3 is 2.56 bits per heavy atom. The zero-order valence-corrected chi connectivity index (χ0v) is 11.0. The van der Waals surface area contributed by atoms with Crippen molar-refractivity contribution < 1.29 is 9.84 Å². The average Bonchev–Trinajstić information content (AvgIpc) is 2.10. The molecule has 1 atom stereocenters. The Labute approximate surface area is 99.6 Å². The van der Waals surface area contributed by atoms with Gasteiger partial charge in [-0.1, -0.05) is 19.3 Å². The fourth-order valence-electron chi connectivity index (χ4n) is 1.73. The third-order valence-corrected chi connectivity index (χ3v) is 3.07. The van der Waals surface area contributed by atoms with Gasteiger partial charge in [0.2, 0.25) is 0 Å².